The number of carbonyl (C=O) groups is 1. The third-order valence-corrected chi connectivity index (χ3v) is 5.86. The van der Waals surface area contributed by atoms with E-state index in [2.05, 4.69) is 33.2 Å². The lowest BCUT2D eigenvalue weighted by molar-refractivity contribution is 0.0342. The van der Waals surface area contributed by atoms with Gasteiger partial charge in [0, 0.05) is 45.6 Å². The molecule has 3 rings (SSSR count). The largest absolute Gasteiger partial charge is 0.467 e. The smallest absolute Gasteiger partial charge is 0.273 e. The number of thiocarbonyl (C=S) groups is 1. The Labute approximate surface area is 223 Å². The number of carbonyl (C=O) groups excluding carboxylic acids is 1. The van der Waals surface area contributed by atoms with Crippen molar-refractivity contribution in [1.29, 1.82) is 0 Å². The van der Waals surface area contributed by atoms with E-state index in [0.29, 0.717) is 17.1 Å². The van der Waals surface area contributed by atoms with Crippen LogP contribution in [0.2, 0.25) is 0 Å². The minimum atomic E-state index is -0.420. The number of methoxy groups -OCH3 is 2. The number of ether oxygens (including phenoxy) is 5. The molecule has 2 aromatic carbocycles. The monoisotopic (exact) mass is 532 g/mol. The molecule has 0 radical (unpaired) electrons. The van der Waals surface area contributed by atoms with Crippen molar-refractivity contribution in [2.24, 2.45) is 0 Å². The summed E-state index contributed by atoms with van der Waals surface area (Å²) in [6.45, 7) is 8.37. The maximum Gasteiger partial charge on any atom is 0.273 e. The van der Waals surface area contributed by atoms with Gasteiger partial charge in [0.1, 0.15) is 11.5 Å². The Kier molecular flexibility index (Phi) is 11.4. The predicted octanol–water partition coefficient (Wildman–Crippen LogP) is 3.24. The van der Waals surface area contributed by atoms with Crippen LogP contribution < -0.4 is 25.6 Å². The predicted molar refractivity (Wildman–Crippen MR) is 145 cm³/mol. The summed E-state index contributed by atoms with van der Waals surface area (Å²) in [5, 5.41) is 3.33. The summed E-state index contributed by atoms with van der Waals surface area (Å²) in [6.07, 6.45) is 0. The lowest BCUT2D eigenvalue weighted by Gasteiger charge is -2.26. The van der Waals surface area contributed by atoms with Crippen molar-refractivity contribution in [2.45, 2.75) is 26.3 Å². The fraction of sp³-hybridized carbons (Fsp3) is 0.462. The first-order chi connectivity index (χ1) is 17.9. The molecule has 1 aliphatic heterocycles. The van der Waals surface area contributed by atoms with E-state index in [1.807, 2.05) is 26.0 Å². The number of hydrogen-bond acceptors (Lipinski definition) is 8. The zero-order valence-electron chi connectivity index (χ0n) is 21.8. The molecule has 11 heteroatoms. The molecule has 1 heterocycles. The molecule has 0 spiro atoms. The fourth-order valence-corrected chi connectivity index (χ4v) is 3.92. The molecule has 1 amide bonds. The highest BCUT2D eigenvalue weighted by Gasteiger charge is 2.20. The Morgan fingerprint density at radius 1 is 1.00 bits per heavy atom. The molecule has 1 aliphatic rings. The average Bonchev–Trinajstić information content (AvgIpc) is 2.90. The second-order valence-corrected chi connectivity index (χ2v) is 9.17. The second-order valence-electron chi connectivity index (χ2n) is 8.76. The summed E-state index contributed by atoms with van der Waals surface area (Å²) in [7, 11) is 3.05. The number of hydrazine groups is 1. The van der Waals surface area contributed by atoms with E-state index in [0.717, 1.165) is 44.1 Å². The van der Waals surface area contributed by atoms with Gasteiger partial charge in [0.15, 0.2) is 18.7 Å². The van der Waals surface area contributed by atoms with Gasteiger partial charge in [-0.1, -0.05) is 26.0 Å². The van der Waals surface area contributed by atoms with Gasteiger partial charge in [-0.25, -0.2) is 0 Å². The minimum absolute atomic E-state index is 0.0278. The molecule has 1 saturated heterocycles. The molecule has 0 unspecified atom stereocenters. The normalized spacial score (nSPS) is 13.8. The van der Waals surface area contributed by atoms with Crippen molar-refractivity contribution in [2.75, 3.05) is 59.4 Å². The zero-order valence-corrected chi connectivity index (χ0v) is 22.6. The van der Waals surface area contributed by atoms with Gasteiger partial charge in [0.2, 0.25) is 0 Å². The van der Waals surface area contributed by atoms with Crippen LogP contribution in [0, 0.1) is 0 Å². The van der Waals surface area contributed by atoms with Crippen molar-refractivity contribution in [3.63, 3.8) is 0 Å². The van der Waals surface area contributed by atoms with E-state index in [4.69, 9.17) is 35.9 Å². The van der Waals surface area contributed by atoms with Crippen LogP contribution in [-0.4, -0.2) is 70.0 Å². The first-order valence-electron chi connectivity index (χ1n) is 12.1. The number of anilines is 1. The van der Waals surface area contributed by atoms with Gasteiger partial charge in [-0.15, -0.1) is 0 Å². The molecular weight excluding hydrogens is 496 g/mol. The first-order valence-corrected chi connectivity index (χ1v) is 12.5. The molecule has 1 fully saturated rings. The molecule has 0 aromatic heterocycles. The standard InChI is InChI=1S/C26H36N4O6S/c1-18(2)21-13-22(24(36-17-33-4)14-23(21)35-16-32-3)25(31)28-29-26(37)27-20-7-5-19(6-8-20)15-30-9-11-34-12-10-30/h5-8,13-14,18H,9-12,15-17H2,1-4H3,(H,28,31)(H2,27,29,37). The third kappa shape index (κ3) is 8.83. The van der Waals surface area contributed by atoms with Crippen LogP contribution in [0.1, 0.15) is 41.3 Å². The van der Waals surface area contributed by atoms with Crippen LogP contribution in [0.4, 0.5) is 5.69 Å². The van der Waals surface area contributed by atoms with Crippen LogP contribution in [0.3, 0.4) is 0 Å². The summed E-state index contributed by atoms with van der Waals surface area (Å²) < 4.78 is 26.8. The number of rotatable bonds is 11. The van der Waals surface area contributed by atoms with E-state index in [-0.39, 0.29) is 24.6 Å². The maximum atomic E-state index is 13.1. The maximum absolute atomic E-state index is 13.1. The quantitative estimate of drug-likeness (QED) is 0.227. The molecule has 37 heavy (non-hydrogen) atoms. The first kappa shape index (κ1) is 28.6. The van der Waals surface area contributed by atoms with Crippen LogP contribution >= 0.6 is 12.2 Å². The van der Waals surface area contributed by atoms with Gasteiger partial charge < -0.3 is 29.0 Å². The zero-order chi connectivity index (χ0) is 26.6. The molecule has 2 aromatic rings. The number of nitrogens with zero attached hydrogens (tertiary/aromatic N) is 1. The number of nitrogens with one attached hydrogen (secondary N) is 3. The molecule has 0 saturated carbocycles. The van der Waals surface area contributed by atoms with E-state index in [1.165, 1.54) is 12.7 Å². The highest BCUT2D eigenvalue weighted by molar-refractivity contribution is 7.80. The van der Waals surface area contributed by atoms with Crippen LogP contribution in [0.5, 0.6) is 11.5 Å². The summed E-state index contributed by atoms with van der Waals surface area (Å²) in [5.41, 5.74) is 8.55. The number of morpholine rings is 1. The Balaban J connectivity index is 1.61. The highest BCUT2D eigenvalue weighted by atomic mass is 32.1. The lowest BCUT2D eigenvalue weighted by atomic mass is 9.98. The van der Waals surface area contributed by atoms with Crippen molar-refractivity contribution in [3.05, 3.63) is 53.1 Å². The van der Waals surface area contributed by atoms with Gasteiger partial charge in [-0.05, 0) is 47.5 Å². The van der Waals surface area contributed by atoms with Gasteiger partial charge >= 0.3 is 0 Å². The fourth-order valence-electron chi connectivity index (χ4n) is 3.75. The number of hydrogen-bond donors (Lipinski definition) is 3. The van der Waals surface area contributed by atoms with Crippen molar-refractivity contribution >= 4 is 28.9 Å². The van der Waals surface area contributed by atoms with E-state index in [9.17, 15) is 4.79 Å². The molecule has 10 nitrogen and oxygen atoms in total. The van der Waals surface area contributed by atoms with Crippen LogP contribution in [0.15, 0.2) is 36.4 Å². The second kappa shape index (κ2) is 14.7. The molecular formula is C26H36N4O6S. The SMILES string of the molecule is COCOc1cc(OCOC)c(C(C)C)cc1C(=O)NNC(=S)Nc1ccc(CN2CCOCC2)cc1. The van der Waals surface area contributed by atoms with E-state index in [1.54, 1.807) is 19.2 Å². The summed E-state index contributed by atoms with van der Waals surface area (Å²) in [4.78, 5) is 15.4. The molecule has 0 bridgehead atoms. The van der Waals surface area contributed by atoms with Gasteiger partial charge in [-0.2, -0.15) is 0 Å². The van der Waals surface area contributed by atoms with Gasteiger partial charge in [-0.3, -0.25) is 20.5 Å². The molecule has 0 atom stereocenters. The number of benzene rings is 2. The molecule has 202 valence electrons. The van der Waals surface area contributed by atoms with Gasteiger partial charge in [0.25, 0.3) is 5.91 Å². The average molecular weight is 533 g/mol. The third-order valence-electron chi connectivity index (χ3n) is 5.65. The Bertz CT molecular complexity index is 1030. The van der Waals surface area contributed by atoms with E-state index >= 15 is 0 Å². The van der Waals surface area contributed by atoms with E-state index < -0.39 is 5.91 Å². The number of amides is 1. The lowest BCUT2D eigenvalue weighted by Crippen LogP contribution is -2.43. The summed E-state index contributed by atoms with van der Waals surface area (Å²) >= 11 is 5.36. The van der Waals surface area contributed by atoms with Crippen molar-refractivity contribution in [1.82, 2.24) is 15.8 Å². The van der Waals surface area contributed by atoms with Crippen molar-refractivity contribution in [3.8, 4) is 11.5 Å². The van der Waals surface area contributed by atoms with Gasteiger partial charge in [0.05, 0.1) is 18.8 Å². The van der Waals surface area contributed by atoms with Crippen LogP contribution in [0.25, 0.3) is 0 Å². The Hall–Kier alpha value is -2.96. The highest BCUT2D eigenvalue weighted by Crippen LogP contribution is 2.34. The Morgan fingerprint density at radius 3 is 2.27 bits per heavy atom. The van der Waals surface area contributed by atoms with Crippen LogP contribution in [-0.2, 0) is 20.8 Å². The Morgan fingerprint density at radius 2 is 1.65 bits per heavy atom. The summed E-state index contributed by atoms with van der Waals surface area (Å²) in [5.74, 6) is 0.557. The topological polar surface area (TPSA) is 103 Å². The minimum Gasteiger partial charge on any atom is -0.467 e. The molecule has 0 aliphatic carbocycles. The summed E-state index contributed by atoms with van der Waals surface area (Å²) in [6, 6.07) is 11.4. The van der Waals surface area contributed by atoms with Crippen molar-refractivity contribution < 1.29 is 28.5 Å². The molecule has 3 N–H and O–H groups in total.